The molecule has 0 radical (unpaired) electrons. The molecule has 5 heteroatoms. The summed E-state index contributed by atoms with van der Waals surface area (Å²) in [5.74, 6) is -0.158. The molecule has 0 spiro atoms. The Labute approximate surface area is 273 Å². The van der Waals surface area contributed by atoms with Crippen molar-refractivity contribution < 1.29 is 20.1 Å². The zero-order valence-electron chi connectivity index (χ0n) is 29.3. The lowest BCUT2D eigenvalue weighted by atomic mass is 10.0. The van der Waals surface area contributed by atoms with Crippen LogP contribution < -0.4 is 5.32 Å². The Kier molecular flexibility index (Phi) is 33.8. The van der Waals surface area contributed by atoms with Crippen molar-refractivity contribution in [1.82, 2.24) is 5.32 Å². The summed E-state index contributed by atoms with van der Waals surface area (Å²) < 4.78 is 0. The number of carbonyl (C=O) groups excluding carboxylic acids is 1. The van der Waals surface area contributed by atoms with Crippen LogP contribution in [-0.2, 0) is 4.79 Å². The Morgan fingerprint density at radius 1 is 0.545 bits per heavy atom. The number of hydrogen-bond acceptors (Lipinski definition) is 4. The van der Waals surface area contributed by atoms with Gasteiger partial charge in [-0.1, -0.05) is 160 Å². The van der Waals surface area contributed by atoms with Crippen molar-refractivity contribution in [2.45, 2.75) is 212 Å². The molecule has 0 saturated carbocycles. The van der Waals surface area contributed by atoms with E-state index in [4.69, 9.17) is 0 Å². The van der Waals surface area contributed by atoms with Gasteiger partial charge in [0.1, 0.15) is 6.10 Å². The molecule has 1 amide bonds. The second kappa shape index (κ2) is 34.7. The molecular formula is C39H75NO4. The van der Waals surface area contributed by atoms with E-state index < -0.39 is 18.2 Å². The highest BCUT2D eigenvalue weighted by molar-refractivity contribution is 5.76. The molecule has 0 aromatic heterocycles. The molecule has 0 heterocycles. The maximum absolute atomic E-state index is 12.4. The van der Waals surface area contributed by atoms with Crippen molar-refractivity contribution in [3.8, 4) is 0 Å². The van der Waals surface area contributed by atoms with Crippen LogP contribution in [0.3, 0.4) is 0 Å². The molecule has 0 fully saturated rings. The lowest BCUT2D eigenvalue weighted by Gasteiger charge is -2.26. The minimum atomic E-state index is -1.16. The smallest absolute Gasteiger partial charge is 0.220 e. The van der Waals surface area contributed by atoms with E-state index in [0.29, 0.717) is 12.8 Å². The Hall–Kier alpha value is -1.17. The molecule has 0 aliphatic rings. The molecule has 0 bridgehead atoms. The first-order valence-corrected chi connectivity index (χ1v) is 19.1. The number of carbonyl (C=O) groups is 1. The summed E-state index contributed by atoms with van der Waals surface area (Å²) in [6.45, 7) is 4.12. The number of rotatable bonds is 34. The first kappa shape index (κ1) is 42.8. The average molecular weight is 622 g/mol. The standard InChI is InChI=1S/C39H75NO4/c1-3-5-7-9-11-13-15-17-18-19-20-21-22-24-26-28-30-32-34-38(43)40-36(35-41)39(44)37(42)33-31-29-27-25-23-16-14-12-10-8-6-4-2/h12,14,25,27,36-37,39,41-42,44H,3-11,13,15-24,26,28-35H2,1-2H3,(H,40,43)/b14-12+,27-25+. The number of unbranched alkanes of at least 4 members (excludes halogenated alkanes) is 22. The third-order valence-corrected chi connectivity index (χ3v) is 8.79. The molecule has 0 rings (SSSR count). The zero-order valence-corrected chi connectivity index (χ0v) is 29.3. The lowest BCUT2D eigenvalue weighted by Crippen LogP contribution is -2.50. The fourth-order valence-electron chi connectivity index (χ4n) is 5.76. The predicted molar refractivity (Wildman–Crippen MR) is 190 cm³/mol. The van der Waals surface area contributed by atoms with Crippen molar-refractivity contribution in [2.75, 3.05) is 6.61 Å². The molecule has 0 saturated heterocycles. The van der Waals surface area contributed by atoms with E-state index in [0.717, 1.165) is 44.9 Å². The number of amides is 1. The molecule has 260 valence electrons. The number of hydrogen-bond donors (Lipinski definition) is 4. The molecule has 0 aliphatic heterocycles. The molecule has 44 heavy (non-hydrogen) atoms. The topological polar surface area (TPSA) is 89.8 Å². The molecule has 3 atom stereocenters. The Balaban J connectivity index is 3.69. The van der Waals surface area contributed by atoms with Crippen molar-refractivity contribution in [3.63, 3.8) is 0 Å². The molecule has 0 aromatic carbocycles. The average Bonchev–Trinajstić information content (AvgIpc) is 3.03. The first-order chi connectivity index (χ1) is 21.6. The van der Waals surface area contributed by atoms with Gasteiger partial charge in [0.2, 0.25) is 5.91 Å². The van der Waals surface area contributed by atoms with Gasteiger partial charge in [-0.3, -0.25) is 4.79 Å². The molecule has 3 unspecified atom stereocenters. The highest BCUT2D eigenvalue weighted by Crippen LogP contribution is 2.15. The molecule has 0 aliphatic carbocycles. The summed E-state index contributed by atoms with van der Waals surface area (Å²) in [7, 11) is 0. The Bertz CT molecular complexity index is 650. The number of nitrogens with one attached hydrogen (secondary N) is 1. The summed E-state index contributed by atoms with van der Waals surface area (Å²) in [4.78, 5) is 12.4. The van der Waals surface area contributed by atoms with Gasteiger partial charge in [-0.2, -0.15) is 0 Å². The van der Waals surface area contributed by atoms with Crippen LogP contribution in [0.25, 0.3) is 0 Å². The quantitative estimate of drug-likeness (QED) is 0.0425. The van der Waals surface area contributed by atoms with Gasteiger partial charge < -0.3 is 20.6 Å². The van der Waals surface area contributed by atoms with E-state index >= 15 is 0 Å². The molecular weight excluding hydrogens is 546 g/mol. The molecule has 0 aromatic rings. The van der Waals surface area contributed by atoms with Crippen LogP contribution in [0.2, 0.25) is 0 Å². The summed E-state index contributed by atoms with van der Waals surface area (Å²) in [5.41, 5.74) is 0. The minimum absolute atomic E-state index is 0.158. The maximum Gasteiger partial charge on any atom is 0.220 e. The van der Waals surface area contributed by atoms with E-state index in [1.165, 1.54) is 122 Å². The van der Waals surface area contributed by atoms with Gasteiger partial charge in [-0.15, -0.1) is 0 Å². The molecule has 4 N–H and O–H groups in total. The van der Waals surface area contributed by atoms with Crippen LogP contribution in [0, 0.1) is 0 Å². The SMILES string of the molecule is CCCCC/C=C/CC/C=C/CCCC(O)C(O)C(CO)NC(=O)CCCCCCCCCCCCCCCCCCCC. The maximum atomic E-state index is 12.4. The molecule has 5 nitrogen and oxygen atoms in total. The van der Waals surface area contributed by atoms with E-state index in [2.05, 4.69) is 43.5 Å². The highest BCUT2D eigenvalue weighted by Gasteiger charge is 2.26. The van der Waals surface area contributed by atoms with Crippen LogP contribution in [0.1, 0.15) is 194 Å². The highest BCUT2D eigenvalue weighted by atomic mass is 16.3. The van der Waals surface area contributed by atoms with Crippen LogP contribution in [0.15, 0.2) is 24.3 Å². The van der Waals surface area contributed by atoms with Gasteiger partial charge in [0.25, 0.3) is 0 Å². The predicted octanol–water partition coefficient (Wildman–Crippen LogP) is 10.3. The largest absolute Gasteiger partial charge is 0.394 e. The Morgan fingerprint density at radius 2 is 0.932 bits per heavy atom. The number of aliphatic hydroxyl groups excluding tert-OH is 3. The lowest BCUT2D eigenvalue weighted by molar-refractivity contribution is -0.124. The van der Waals surface area contributed by atoms with Gasteiger partial charge in [-0.05, 0) is 51.4 Å². The number of allylic oxidation sites excluding steroid dienone is 4. The fourth-order valence-corrected chi connectivity index (χ4v) is 5.76. The van der Waals surface area contributed by atoms with E-state index in [-0.39, 0.29) is 12.5 Å². The number of aliphatic hydroxyl groups is 3. The Morgan fingerprint density at radius 3 is 1.39 bits per heavy atom. The third kappa shape index (κ3) is 29.5. The summed E-state index contributed by atoms with van der Waals surface area (Å²) in [6, 6.07) is -0.826. The van der Waals surface area contributed by atoms with Crippen molar-refractivity contribution >= 4 is 5.91 Å². The van der Waals surface area contributed by atoms with E-state index in [1.807, 2.05) is 0 Å². The fraction of sp³-hybridized carbons (Fsp3) is 0.872. The van der Waals surface area contributed by atoms with Crippen molar-refractivity contribution in [2.24, 2.45) is 0 Å². The normalized spacial score (nSPS) is 14.0. The van der Waals surface area contributed by atoms with E-state index in [1.54, 1.807) is 0 Å². The van der Waals surface area contributed by atoms with Crippen molar-refractivity contribution in [1.29, 1.82) is 0 Å². The minimum Gasteiger partial charge on any atom is -0.394 e. The monoisotopic (exact) mass is 622 g/mol. The van der Waals surface area contributed by atoms with Crippen molar-refractivity contribution in [3.05, 3.63) is 24.3 Å². The zero-order chi connectivity index (χ0) is 32.4. The third-order valence-electron chi connectivity index (χ3n) is 8.79. The van der Waals surface area contributed by atoms with E-state index in [9.17, 15) is 20.1 Å². The summed E-state index contributed by atoms with van der Waals surface area (Å²) >= 11 is 0. The van der Waals surface area contributed by atoms with Gasteiger partial charge in [-0.25, -0.2) is 0 Å². The van der Waals surface area contributed by atoms with Crippen LogP contribution in [0.5, 0.6) is 0 Å². The van der Waals surface area contributed by atoms with Gasteiger partial charge in [0.15, 0.2) is 0 Å². The van der Waals surface area contributed by atoms with Crippen LogP contribution in [-0.4, -0.2) is 46.1 Å². The second-order valence-electron chi connectivity index (χ2n) is 13.1. The van der Waals surface area contributed by atoms with Gasteiger partial charge in [0.05, 0.1) is 18.8 Å². The van der Waals surface area contributed by atoms with Crippen LogP contribution in [0.4, 0.5) is 0 Å². The summed E-state index contributed by atoms with van der Waals surface area (Å²) in [6.07, 6.45) is 39.9. The van der Waals surface area contributed by atoms with Gasteiger partial charge in [0, 0.05) is 6.42 Å². The second-order valence-corrected chi connectivity index (χ2v) is 13.1. The first-order valence-electron chi connectivity index (χ1n) is 19.1. The summed E-state index contributed by atoms with van der Waals surface area (Å²) in [5, 5.41) is 33.3. The van der Waals surface area contributed by atoms with Gasteiger partial charge >= 0.3 is 0 Å². The van der Waals surface area contributed by atoms with Crippen LogP contribution >= 0.6 is 0 Å².